The summed E-state index contributed by atoms with van der Waals surface area (Å²) in [4.78, 5) is 11.5. The van der Waals surface area contributed by atoms with Crippen molar-refractivity contribution in [1.29, 1.82) is 0 Å². The minimum absolute atomic E-state index is 0.0563. The Morgan fingerprint density at radius 1 is 1.56 bits per heavy atom. The van der Waals surface area contributed by atoms with Gasteiger partial charge in [0.1, 0.15) is 0 Å². The first kappa shape index (κ1) is 12.6. The maximum Gasteiger partial charge on any atom is 0.220 e. The molecule has 1 aromatic rings. The van der Waals surface area contributed by atoms with Crippen LogP contribution >= 0.6 is 0 Å². The molecule has 0 unspecified atom stereocenters. The zero-order chi connectivity index (χ0) is 12.0. The summed E-state index contributed by atoms with van der Waals surface area (Å²) in [5, 5.41) is 19.2. The van der Waals surface area contributed by atoms with Gasteiger partial charge in [-0.05, 0) is 20.3 Å². The third-order valence-corrected chi connectivity index (χ3v) is 2.14. The molecule has 0 fully saturated rings. The Kier molecular flexibility index (Phi) is 4.42. The van der Waals surface area contributed by atoms with Gasteiger partial charge < -0.3 is 10.4 Å². The summed E-state index contributed by atoms with van der Waals surface area (Å²) >= 11 is 0. The molecular formula is C10H18N4O2. The minimum atomic E-state index is -0.551. The van der Waals surface area contributed by atoms with Crippen LogP contribution in [0.3, 0.4) is 0 Å². The van der Waals surface area contributed by atoms with E-state index in [4.69, 9.17) is 5.11 Å². The third-order valence-electron chi connectivity index (χ3n) is 2.14. The van der Waals surface area contributed by atoms with E-state index in [1.807, 2.05) is 0 Å². The zero-order valence-corrected chi connectivity index (χ0v) is 9.68. The van der Waals surface area contributed by atoms with Crippen molar-refractivity contribution in [3.63, 3.8) is 0 Å². The van der Waals surface area contributed by atoms with E-state index in [2.05, 4.69) is 15.6 Å². The quantitative estimate of drug-likeness (QED) is 0.712. The number of carbonyl (C=O) groups is 1. The Hall–Kier alpha value is -1.43. The average Bonchev–Trinajstić information content (AvgIpc) is 2.70. The fourth-order valence-corrected chi connectivity index (χ4v) is 1.23. The summed E-state index contributed by atoms with van der Waals surface area (Å²) in [6.45, 7) is 4.17. The van der Waals surface area contributed by atoms with Crippen molar-refractivity contribution in [3.8, 4) is 0 Å². The Balaban J connectivity index is 2.20. The summed E-state index contributed by atoms with van der Waals surface area (Å²) in [5.74, 6) is -0.0563. The van der Waals surface area contributed by atoms with Crippen LogP contribution in [0.5, 0.6) is 0 Å². The largest absolute Gasteiger partial charge is 0.394 e. The number of rotatable bonds is 6. The summed E-state index contributed by atoms with van der Waals surface area (Å²) < 4.78 is 1.68. The number of hydrogen-bond acceptors (Lipinski definition) is 4. The van der Waals surface area contributed by atoms with Crippen LogP contribution in [0.4, 0.5) is 0 Å². The van der Waals surface area contributed by atoms with Crippen LogP contribution in [0.1, 0.15) is 26.7 Å². The molecule has 2 N–H and O–H groups in total. The Labute approximate surface area is 94.7 Å². The first-order chi connectivity index (χ1) is 7.53. The van der Waals surface area contributed by atoms with Gasteiger partial charge in [0.05, 0.1) is 18.3 Å². The summed E-state index contributed by atoms with van der Waals surface area (Å²) in [5.41, 5.74) is -0.551. The third kappa shape index (κ3) is 4.39. The molecule has 0 aliphatic carbocycles. The van der Waals surface area contributed by atoms with Crippen molar-refractivity contribution >= 4 is 5.91 Å². The molecule has 0 atom stereocenters. The van der Waals surface area contributed by atoms with Gasteiger partial charge in [-0.3, -0.25) is 9.48 Å². The second-order valence-corrected chi connectivity index (χ2v) is 4.36. The van der Waals surface area contributed by atoms with Gasteiger partial charge in [0, 0.05) is 19.2 Å². The van der Waals surface area contributed by atoms with Crippen molar-refractivity contribution in [1.82, 2.24) is 20.3 Å². The second-order valence-electron chi connectivity index (χ2n) is 4.36. The van der Waals surface area contributed by atoms with Crippen LogP contribution in [0.2, 0.25) is 0 Å². The van der Waals surface area contributed by atoms with Crippen LogP contribution < -0.4 is 5.32 Å². The highest BCUT2D eigenvalue weighted by molar-refractivity contribution is 5.76. The maximum atomic E-state index is 11.5. The van der Waals surface area contributed by atoms with Gasteiger partial charge in [0.15, 0.2) is 0 Å². The highest BCUT2D eigenvalue weighted by Crippen LogP contribution is 2.01. The molecule has 1 rings (SSSR count). The molecule has 1 heterocycles. The number of aliphatic hydroxyl groups excluding tert-OH is 1. The number of aromatic nitrogens is 3. The Bertz CT molecular complexity index is 322. The van der Waals surface area contributed by atoms with Gasteiger partial charge in [-0.25, -0.2) is 0 Å². The SMILES string of the molecule is CC(C)(CO)NC(=O)CCCn1ccnn1. The zero-order valence-electron chi connectivity index (χ0n) is 9.68. The predicted octanol–water partition coefficient (Wildman–Crippen LogP) is -0.0546. The van der Waals surface area contributed by atoms with E-state index in [1.165, 1.54) is 0 Å². The number of carbonyl (C=O) groups excluding carboxylic acids is 1. The van der Waals surface area contributed by atoms with E-state index in [0.29, 0.717) is 19.4 Å². The van der Waals surface area contributed by atoms with Crippen LogP contribution in [-0.2, 0) is 11.3 Å². The number of hydrogen-bond donors (Lipinski definition) is 2. The van der Waals surface area contributed by atoms with E-state index < -0.39 is 5.54 Å². The molecule has 90 valence electrons. The fourth-order valence-electron chi connectivity index (χ4n) is 1.23. The standard InChI is InChI=1S/C10H18N4O2/c1-10(2,8-15)12-9(16)4-3-6-14-7-5-11-13-14/h5,7,15H,3-4,6,8H2,1-2H3,(H,12,16). The van der Waals surface area contributed by atoms with E-state index in [1.54, 1.807) is 30.9 Å². The van der Waals surface area contributed by atoms with Crippen molar-refractivity contribution < 1.29 is 9.90 Å². The Morgan fingerprint density at radius 2 is 2.31 bits per heavy atom. The number of amides is 1. The number of aliphatic hydroxyl groups is 1. The summed E-state index contributed by atoms with van der Waals surface area (Å²) in [6, 6.07) is 0. The second kappa shape index (κ2) is 5.60. The van der Waals surface area contributed by atoms with E-state index >= 15 is 0 Å². The summed E-state index contributed by atoms with van der Waals surface area (Å²) in [6.07, 6.45) is 4.49. The van der Waals surface area contributed by atoms with Gasteiger partial charge in [0.25, 0.3) is 0 Å². The van der Waals surface area contributed by atoms with Gasteiger partial charge in [-0.15, -0.1) is 5.10 Å². The molecule has 0 saturated carbocycles. The van der Waals surface area contributed by atoms with Crippen molar-refractivity contribution in [2.24, 2.45) is 0 Å². The lowest BCUT2D eigenvalue weighted by Crippen LogP contribution is -2.46. The monoisotopic (exact) mass is 226 g/mol. The lowest BCUT2D eigenvalue weighted by Gasteiger charge is -2.23. The molecule has 6 heteroatoms. The van der Waals surface area contributed by atoms with Crippen LogP contribution in [0.25, 0.3) is 0 Å². The van der Waals surface area contributed by atoms with Crippen molar-refractivity contribution in [2.75, 3.05) is 6.61 Å². The van der Waals surface area contributed by atoms with Crippen LogP contribution in [-0.4, -0.2) is 38.2 Å². The number of nitrogens with one attached hydrogen (secondary N) is 1. The molecule has 0 saturated heterocycles. The topological polar surface area (TPSA) is 80.0 Å². The van der Waals surface area contributed by atoms with Gasteiger partial charge in [0.2, 0.25) is 5.91 Å². The fraction of sp³-hybridized carbons (Fsp3) is 0.700. The van der Waals surface area contributed by atoms with E-state index in [9.17, 15) is 4.79 Å². The van der Waals surface area contributed by atoms with Gasteiger partial charge >= 0.3 is 0 Å². The first-order valence-corrected chi connectivity index (χ1v) is 5.29. The predicted molar refractivity (Wildman–Crippen MR) is 58.6 cm³/mol. The molecule has 6 nitrogen and oxygen atoms in total. The van der Waals surface area contributed by atoms with Crippen molar-refractivity contribution in [2.45, 2.75) is 38.8 Å². The molecule has 0 spiro atoms. The Morgan fingerprint density at radius 3 is 2.88 bits per heavy atom. The van der Waals surface area contributed by atoms with Crippen molar-refractivity contribution in [3.05, 3.63) is 12.4 Å². The molecular weight excluding hydrogens is 208 g/mol. The molecule has 16 heavy (non-hydrogen) atoms. The molecule has 0 aromatic carbocycles. The molecule has 1 amide bonds. The minimum Gasteiger partial charge on any atom is -0.394 e. The lowest BCUT2D eigenvalue weighted by atomic mass is 10.1. The van der Waals surface area contributed by atoms with E-state index in [-0.39, 0.29) is 12.5 Å². The van der Waals surface area contributed by atoms with E-state index in [0.717, 1.165) is 0 Å². The number of nitrogens with zero attached hydrogens (tertiary/aromatic N) is 3. The van der Waals surface area contributed by atoms with Crippen LogP contribution in [0, 0.1) is 0 Å². The summed E-state index contributed by atoms with van der Waals surface area (Å²) in [7, 11) is 0. The number of aryl methyl sites for hydroxylation is 1. The molecule has 0 bridgehead atoms. The lowest BCUT2D eigenvalue weighted by molar-refractivity contribution is -0.123. The maximum absolute atomic E-state index is 11.5. The van der Waals surface area contributed by atoms with Crippen LogP contribution in [0.15, 0.2) is 12.4 Å². The first-order valence-electron chi connectivity index (χ1n) is 5.29. The molecule has 0 aliphatic heterocycles. The highest BCUT2D eigenvalue weighted by Gasteiger charge is 2.18. The van der Waals surface area contributed by atoms with Gasteiger partial charge in [-0.2, -0.15) is 0 Å². The molecule has 0 aliphatic rings. The smallest absolute Gasteiger partial charge is 0.220 e. The normalized spacial score (nSPS) is 11.4. The molecule has 1 aromatic heterocycles. The molecule has 0 radical (unpaired) electrons. The van der Waals surface area contributed by atoms with Gasteiger partial charge in [-0.1, -0.05) is 5.21 Å². The average molecular weight is 226 g/mol. The highest BCUT2D eigenvalue weighted by atomic mass is 16.3.